The first-order valence-electron chi connectivity index (χ1n) is 9.60. The maximum Gasteiger partial charge on any atom is 0.345 e. The van der Waals surface area contributed by atoms with Crippen molar-refractivity contribution in [3.05, 3.63) is 63.6 Å². The minimum atomic E-state index is -0.632. The van der Waals surface area contributed by atoms with Crippen molar-refractivity contribution in [1.29, 1.82) is 0 Å². The molecule has 0 aliphatic heterocycles. The molecular formula is C21H20N6O5. The lowest BCUT2D eigenvalue weighted by molar-refractivity contribution is 0.0716. The summed E-state index contributed by atoms with van der Waals surface area (Å²) in [6.07, 6.45) is 3.12. The number of nitrogens with zero attached hydrogens (tertiary/aromatic N) is 3. The third-order valence-corrected chi connectivity index (χ3v) is 4.77. The number of aromatic nitrogens is 5. The Balaban J connectivity index is 1.43. The Morgan fingerprint density at radius 2 is 1.66 bits per heavy atom. The zero-order valence-corrected chi connectivity index (χ0v) is 17.3. The van der Waals surface area contributed by atoms with Gasteiger partial charge in [-0.25, -0.2) is 4.79 Å². The van der Waals surface area contributed by atoms with Crippen molar-refractivity contribution in [2.24, 2.45) is 0 Å². The Morgan fingerprint density at radius 3 is 2.31 bits per heavy atom. The molecule has 11 heteroatoms. The van der Waals surface area contributed by atoms with E-state index in [1.54, 1.807) is 18.2 Å². The number of aryl methyl sites for hydroxylation is 2. The summed E-state index contributed by atoms with van der Waals surface area (Å²) in [5.41, 5.74) is 8.37. The van der Waals surface area contributed by atoms with E-state index in [0.717, 1.165) is 11.1 Å². The molecule has 0 aliphatic rings. The van der Waals surface area contributed by atoms with E-state index in [4.69, 9.17) is 19.9 Å². The fourth-order valence-corrected chi connectivity index (χ4v) is 3.22. The van der Waals surface area contributed by atoms with Gasteiger partial charge in [-0.05, 0) is 36.1 Å². The Bertz CT molecular complexity index is 1310. The zero-order valence-electron chi connectivity index (χ0n) is 17.3. The lowest BCUT2D eigenvalue weighted by Crippen LogP contribution is -2.12. The molecule has 3 aromatic heterocycles. The minimum Gasteiger partial charge on any atom is -0.467 e. The number of rotatable bonds is 7. The standard InChI is InChI=1S/C21H20N6O5/c1-30-19-25-20(31-2)27-21(26-19)32-18(29)12-6-3-11(4-7-12)5-8-13-10-23-14-9-15(22)24-17(28)16(13)14/h3-4,6-7,9-10,23H,5,8H2,1-2H3,(H3,22,24,28). The van der Waals surface area contributed by atoms with E-state index in [1.807, 2.05) is 18.3 Å². The molecule has 0 fully saturated rings. The molecule has 0 unspecified atom stereocenters. The van der Waals surface area contributed by atoms with Crippen LogP contribution in [0, 0.1) is 0 Å². The van der Waals surface area contributed by atoms with Crippen molar-refractivity contribution in [3.63, 3.8) is 0 Å². The molecule has 32 heavy (non-hydrogen) atoms. The van der Waals surface area contributed by atoms with Crippen LogP contribution in [0.2, 0.25) is 0 Å². The molecule has 164 valence electrons. The van der Waals surface area contributed by atoms with Gasteiger partial charge in [-0.3, -0.25) is 4.79 Å². The summed E-state index contributed by atoms with van der Waals surface area (Å²) < 4.78 is 15.1. The van der Waals surface area contributed by atoms with E-state index in [2.05, 4.69) is 24.9 Å². The highest BCUT2D eigenvalue weighted by atomic mass is 16.6. The van der Waals surface area contributed by atoms with Gasteiger partial charge in [-0.15, -0.1) is 15.0 Å². The maximum absolute atomic E-state index is 12.4. The van der Waals surface area contributed by atoms with Crippen molar-refractivity contribution in [1.82, 2.24) is 24.9 Å². The average Bonchev–Trinajstić information content (AvgIpc) is 3.20. The summed E-state index contributed by atoms with van der Waals surface area (Å²) in [5, 5.41) is 0.600. The SMILES string of the molecule is COc1nc(OC)nc(OC(=O)c2ccc(CCc3c[nH]c4cc(N)[nH]c(=O)c34)cc2)n1. The molecule has 0 aliphatic carbocycles. The Labute approximate surface area is 181 Å². The van der Waals surface area contributed by atoms with Crippen LogP contribution in [0.3, 0.4) is 0 Å². The fourth-order valence-electron chi connectivity index (χ4n) is 3.22. The number of carbonyl (C=O) groups is 1. The number of methoxy groups -OCH3 is 2. The van der Waals surface area contributed by atoms with Gasteiger partial charge in [0.1, 0.15) is 5.82 Å². The van der Waals surface area contributed by atoms with Crippen LogP contribution in [0.4, 0.5) is 5.82 Å². The van der Waals surface area contributed by atoms with E-state index in [-0.39, 0.29) is 23.6 Å². The smallest absolute Gasteiger partial charge is 0.345 e. The van der Waals surface area contributed by atoms with Crippen molar-refractivity contribution in [3.8, 4) is 18.0 Å². The molecule has 0 bridgehead atoms. The van der Waals surface area contributed by atoms with Crippen LogP contribution < -0.4 is 25.5 Å². The van der Waals surface area contributed by atoms with Gasteiger partial charge in [0.05, 0.1) is 30.7 Å². The molecule has 0 saturated heterocycles. The molecule has 4 rings (SSSR count). The van der Waals surface area contributed by atoms with Crippen molar-refractivity contribution < 1.29 is 19.0 Å². The number of ether oxygens (including phenoxy) is 3. The zero-order chi connectivity index (χ0) is 22.7. The first kappa shape index (κ1) is 20.8. The van der Waals surface area contributed by atoms with Gasteiger partial charge in [-0.1, -0.05) is 12.1 Å². The number of anilines is 1. The maximum atomic E-state index is 12.4. The highest BCUT2D eigenvalue weighted by Gasteiger charge is 2.15. The number of fused-ring (bicyclic) bond motifs is 1. The lowest BCUT2D eigenvalue weighted by atomic mass is 10.0. The van der Waals surface area contributed by atoms with Gasteiger partial charge in [0.15, 0.2) is 0 Å². The summed E-state index contributed by atoms with van der Waals surface area (Å²) >= 11 is 0. The second-order valence-electron chi connectivity index (χ2n) is 6.83. The van der Waals surface area contributed by atoms with Crippen molar-refractivity contribution in [2.45, 2.75) is 12.8 Å². The first-order chi connectivity index (χ1) is 15.5. The number of esters is 1. The molecule has 1 aromatic carbocycles. The van der Waals surface area contributed by atoms with Crippen LogP contribution in [0.25, 0.3) is 10.9 Å². The quantitative estimate of drug-likeness (QED) is 0.366. The molecule has 0 amide bonds. The molecule has 0 spiro atoms. The first-order valence-corrected chi connectivity index (χ1v) is 9.60. The molecule has 0 atom stereocenters. The number of pyridine rings is 1. The monoisotopic (exact) mass is 436 g/mol. The predicted octanol–water partition coefficient (Wildman–Crippen LogP) is 1.64. The van der Waals surface area contributed by atoms with E-state index in [9.17, 15) is 9.59 Å². The van der Waals surface area contributed by atoms with Gasteiger partial charge >= 0.3 is 24.0 Å². The Morgan fingerprint density at radius 1 is 1.00 bits per heavy atom. The summed E-state index contributed by atoms with van der Waals surface area (Å²) in [5.74, 6) is -0.319. The normalized spacial score (nSPS) is 10.8. The highest BCUT2D eigenvalue weighted by molar-refractivity contribution is 5.90. The molecule has 11 nitrogen and oxygen atoms in total. The van der Waals surface area contributed by atoms with Gasteiger partial charge in [0, 0.05) is 12.3 Å². The van der Waals surface area contributed by atoms with E-state index >= 15 is 0 Å². The number of nitrogens with one attached hydrogen (secondary N) is 2. The van der Waals surface area contributed by atoms with E-state index < -0.39 is 5.97 Å². The number of carbonyl (C=O) groups excluding carboxylic acids is 1. The van der Waals surface area contributed by atoms with E-state index in [1.165, 1.54) is 14.2 Å². The number of benzene rings is 1. The molecular weight excluding hydrogens is 416 g/mol. The second kappa shape index (κ2) is 8.76. The predicted molar refractivity (Wildman–Crippen MR) is 115 cm³/mol. The Hall–Kier alpha value is -4.41. The third-order valence-electron chi connectivity index (χ3n) is 4.77. The van der Waals surface area contributed by atoms with Crippen molar-refractivity contribution in [2.75, 3.05) is 20.0 Å². The number of nitrogens with two attached hydrogens (primary N) is 1. The number of hydrogen-bond acceptors (Lipinski definition) is 9. The number of aromatic amines is 2. The van der Waals surface area contributed by atoms with Gasteiger partial charge in [0.25, 0.3) is 5.56 Å². The van der Waals surface area contributed by atoms with Crippen molar-refractivity contribution >= 4 is 22.7 Å². The number of hydrogen-bond donors (Lipinski definition) is 3. The highest BCUT2D eigenvalue weighted by Crippen LogP contribution is 2.19. The molecule has 0 saturated carbocycles. The summed E-state index contributed by atoms with van der Waals surface area (Å²) in [7, 11) is 2.75. The molecule has 0 radical (unpaired) electrons. The van der Waals surface area contributed by atoms with Crippen LogP contribution in [0.15, 0.2) is 41.3 Å². The summed E-state index contributed by atoms with van der Waals surface area (Å²) in [6, 6.07) is 8.34. The number of nitrogen functional groups attached to an aromatic ring is 1. The van der Waals surface area contributed by atoms with Crippen LogP contribution in [-0.2, 0) is 12.8 Å². The topological polar surface area (TPSA) is 158 Å². The third kappa shape index (κ3) is 4.36. The molecule has 4 N–H and O–H groups in total. The van der Waals surface area contributed by atoms with Crippen LogP contribution >= 0.6 is 0 Å². The minimum absolute atomic E-state index is 0.0335. The van der Waals surface area contributed by atoms with Gasteiger partial charge in [-0.2, -0.15) is 0 Å². The number of H-pyrrole nitrogens is 2. The average molecular weight is 436 g/mol. The van der Waals surface area contributed by atoms with E-state index in [0.29, 0.717) is 35.1 Å². The summed E-state index contributed by atoms with van der Waals surface area (Å²) in [6.45, 7) is 0. The Kier molecular flexibility index (Phi) is 5.71. The largest absolute Gasteiger partial charge is 0.467 e. The van der Waals surface area contributed by atoms with Crippen LogP contribution in [0.1, 0.15) is 21.5 Å². The lowest BCUT2D eigenvalue weighted by Gasteiger charge is -2.06. The second-order valence-corrected chi connectivity index (χ2v) is 6.83. The molecule has 3 heterocycles. The molecule has 4 aromatic rings. The van der Waals surface area contributed by atoms with Crippen LogP contribution in [0.5, 0.6) is 18.0 Å². The fraction of sp³-hybridized carbons (Fsp3) is 0.190. The summed E-state index contributed by atoms with van der Waals surface area (Å²) in [4.78, 5) is 41.9. The van der Waals surface area contributed by atoms with Crippen LogP contribution in [-0.4, -0.2) is 45.1 Å². The van der Waals surface area contributed by atoms with Gasteiger partial charge < -0.3 is 29.9 Å². The van der Waals surface area contributed by atoms with Gasteiger partial charge in [0.2, 0.25) is 0 Å².